The minimum atomic E-state index is -1.57. The van der Waals surface area contributed by atoms with Crippen molar-refractivity contribution in [1.82, 2.24) is 10.1 Å². The lowest BCUT2D eigenvalue weighted by Crippen LogP contribution is -2.31. The molecule has 3 aromatic rings. The highest BCUT2D eigenvalue weighted by molar-refractivity contribution is 6.60. The van der Waals surface area contributed by atoms with Crippen molar-refractivity contribution in [2.75, 3.05) is 0 Å². The molecule has 0 saturated heterocycles. The smallest absolute Gasteiger partial charge is 0.423 e. The lowest BCUT2D eigenvalue weighted by molar-refractivity contribution is 0.385. The van der Waals surface area contributed by atoms with E-state index in [1.54, 1.807) is 24.3 Å². The highest BCUT2D eigenvalue weighted by Crippen LogP contribution is 2.15. The van der Waals surface area contributed by atoms with Gasteiger partial charge < -0.3 is 14.6 Å². The fraction of sp³-hybridized carbons (Fsp3) is 0.0667. The van der Waals surface area contributed by atoms with Crippen LogP contribution in [0.15, 0.2) is 59.1 Å². The molecule has 0 atom stereocenters. The highest BCUT2D eigenvalue weighted by Gasteiger charge is 2.19. The van der Waals surface area contributed by atoms with E-state index in [0.717, 1.165) is 5.56 Å². The van der Waals surface area contributed by atoms with Gasteiger partial charge in [0.2, 0.25) is 11.7 Å². The standard InChI is InChI=1S/C15H13BN2O3/c19-16(20)13-9-5-4-8-12(13)15-17-14(21-18-15)10-11-6-2-1-3-7-11/h1-9,19-20H,10H2. The molecule has 1 aromatic heterocycles. The molecule has 104 valence electrons. The van der Waals surface area contributed by atoms with E-state index >= 15 is 0 Å². The first-order valence-electron chi connectivity index (χ1n) is 6.56. The van der Waals surface area contributed by atoms with E-state index < -0.39 is 7.12 Å². The Labute approximate surface area is 122 Å². The third-order valence-corrected chi connectivity index (χ3v) is 3.15. The van der Waals surface area contributed by atoms with E-state index in [9.17, 15) is 10.0 Å². The molecule has 1 heterocycles. The monoisotopic (exact) mass is 280 g/mol. The van der Waals surface area contributed by atoms with Crippen molar-refractivity contribution >= 4 is 12.6 Å². The second kappa shape index (κ2) is 5.91. The van der Waals surface area contributed by atoms with Crippen molar-refractivity contribution in [2.24, 2.45) is 0 Å². The Bertz CT molecular complexity index is 729. The molecule has 21 heavy (non-hydrogen) atoms. The number of hydrogen-bond acceptors (Lipinski definition) is 5. The van der Waals surface area contributed by atoms with E-state index in [2.05, 4.69) is 10.1 Å². The average Bonchev–Trinajstić information content (AvgIpc) is 2.96. The molecule has 0 fully saturated rings. The molecule has 0 aliphatic rings. The Kier molecular flexibility index (Phi) is 3.81. The Morgan fingerprint density at radius 3 is 2.43 bits per heavy atom. The lowest BCUT2D eigenvalue weighted by atomic mass is 9.77. The van der Waals surface area contributed by atoms with Crippen LogP contribution in [0.3, 0.4) is 0 Å². The summed E-state index contributed by atoms with van der Waals surface area (Å²) in [7, 11) is -1.57. The molecule has 0 bridgehead atoms. The first kappa shape index (κ1) is 13.5. The summed E-state index contributed by atoms with van der Waals surface area (Å²) in [4.78, 5) is 4.32. The molecule has 0 radical (unpaired) electrons. The van der Waals surface area contributed by atoms with Crippen LogP contribution < -0.4 is 5.46 Å². The van der Waals surface area contributed by atoms with Crippen LogP contribution in [0.5, 0.6) is 0 Å². The molecule has 0 aliphatic carbocycles. The first-order valence-corrected chi connectivity index (χ1v) is 6.56. The maximum Gasteiger partial charge on any atom is 0.489 e. The van der Waals surface area contributed by atoms with Crippen LogP contribution in [0.1, 0.15) is 11.5 Å². The number of hydrogen-bond donors (Lipinski definition) is 2. The molecule has 3 rings (SSSR count). The molecule has 2 N–H and O–H groups in total. The van der Waals surface area contributed by atoms with E-state index in [4.69, 9.17) is 4.52 Å². The number of aromatic nitrogens is 2. The zero-order chi connectivity index (χ0) is 14.7. The Hall–Kier alpha value is -2.44. The summed E-state index contributed by atoms with van der Waals surface area (Å²) in [6.45, 7) is 0. The van der Waals surface area contributed by atoms with Gasteiger partial charge in [-0.05, 0) is 11.0 Å². The highest BCUT2D eigenvalue weighted by atomic mass is 16.5. The lowest BCUT2D eigenvalue weighted by Gasteiger charge is -2.03. The number of benzene rings is 2. The third kappa shape index (κ3) is 3.02. The average molecular weight is 280 g/mol. The van der Waals surface area contributed by atoms with Gasteiger partial charge in [0.05, 0.1) is 6.42 Å². The molecule has 0 spiro atoms. The summed E-state index contributed by atoms with van der Waals surface area (Å²) in [5.41, 5.74) is 1.98. The van der Waals surface area contributed by atoms with E-state index in [0.29, 0.717) is 29.2 Å². The van der Waals surface area contributed by atoms with Crippen LogP contribution in [-0.2, 0) is 6.42 Å². The second-order valence-electron chi connectivity index (χ2n) is 4.64. The van der Waals surface area contributed by atoms with Gasteiger partial charge in [0.1, 0.15) is 0 Å². The Morgan fingerprint density at radius 1 is 0.952 bits per heavy atom. The zero-order valence-electron chi connectivity index (χ0n) is 11.2. The van der Waals surface area contributed by atoms with Gasteiger partial charge in [0.25, 0.3) is 0 Å². The molecular weight excluding hydrogens is 267 g/mol. The largest absolute Gasteiger partial charge is 0.489 e. The van der Waals surface area contributed by atoms with Gasteiger partial charge in [-0.3, -0.25) is 0 Å². The summed E-state index contributed by atoms with van der Waals surface area (Å²) in [6, 6.07) is 16.7. The van der Waals surface area contributed by atoms with Gasteiger partial charge >= 0.3 is 7.12 Å². The van der Waals surface area contributed by atoms with Crippen LogP contribution in [0, 0.1) is 0 Å². The zero-order valence-corrected chi connectivity index (χ0v) is 11.2. The summed E-state index contributed by atoms with van der Waals surface area (Å²) in [5, 5.41) is 22.7. The first-order chi connectivity index (χ1) is 10.2. The number of nitrogens with zero attached hydrogens (tertiary/aromatic N) is 2. The van der Waals surface area contributed by atoms with Crippen LogP contribution in [0.25, 0.3) is 11.4 Å². The van der Waals surface area contributed by atoms with Crippen molar-refractivity contribution in [1.29, 1.82) is 0 Å². The second-order valence-corrected chi connectivity index (χ2v) is 4.64. The quantitative estimate of drug-likeness (QED) is 0.697. The van der Waals surface area contributed by atoms with Crippen LogP contribution in [0.2, 0.25) is 0 Å². The Balaban J connectivity index is 1.89. The predicted molar refractivity (Wildman–Crippen MR) is 78.8 cm³/mol. The Morgan fingerprint density at radius 2 is 1.67 bits per heavy atom. The van der Waals surface area contributed by atoms with Crippen molar-refractivity contribution in [3.63, 3.8) is 0 Å². The summed E-state index contributed by atoms with van der Waals surface area (Å²) < 4.78 is 5.23. The molecule has 5 nitrogen and oxygen atoms in total. The van der Waals surface area contributed by atoms with Gasteiger partial charge in [0, 0.05) is 5.56 Å². The van der Waals surface area contributed by atoms with Crippen molar-refractivity contribution < 1.29 is 14.6 Å². The van der Waals surface area contributed by atoms with Crippen molar-refractivity contribution in [2.45, 2.75) is 6.42 Å². The third-order valence-electron chi connectivity index (χ3n) is 3.15. The van der Waals surface area contributed by atoms with E-state index in [1.807, 2.05) is 30.3 Å². The van der Waals surface area contributed by atoms with E-state index in [1.165, 1.54) is 0 Å². The SMILES string of the molecule is OB(O)c1ccccc1-c1noc(Cc2ccccc2)n1. The summed E-state index contributed by atoms with van der Waals surface area (Å²) in [5.74, 6) is 0.836. The fourth-order valence-corrected chi connectivity index (χ4v) is 2.13. The van der Waals surface area contributed by atoms with Gasteiger partial charge in [0.15, 0.2) is 0 Å². The molecular formula is C15H13BN2O3. The molecule has 0 aliphatic heterocycles. The topological polar surface area (TPSA) is 79.4 Å². The predicted octanol–water partition coefficient (Wildman–Crippen LogP) is 1.01. The van der Waals surface area contributed by atoms with Gasteiger partial charge in [-0.2, -0.15) is 4.98 Å². The minimum absolute atomic E-state index is 0.351. The molecule has 2 aromatic carbocycles. The summed E-state index contributed by atoms with van der Waals surface area (Å²) >= 11 is 0. The molecule has 0 amide bonds. The summed E-state index contributed by atoms with van der Waals surface area (Å²) in [6.07, 6.45) is 0.539. The van der Waals surface area contributed by atoms with Crippen LogP contribution >= 0.6 is 0 Å². The minimum Gasteiger partial charge on any atom is -0.423 e. The van der Waals surface area contributed by atoms with Gasteiger partial charge in [-0.15, -0.1) is 0 Å². The number of rotatable bonds is 4. The van der Waals surface area contributed by atoms with Gasteiger partial charge in [-0.1, -0.05) is 59.8 Å². The van der Waals surface area contributed by atoms with Crippen LogP contribution in [0.4, 0.5) is 0 Å². The maximum atomic E-state index is 9.38. The molecule has 0 unspecified atom stereocenters. The molecule has 6 heteroatoms. The molecule has 0 saturated carbocycles. The van der Waals surface area contributed by atoms with E-state index in [-0.39, 0.29) is 0 Å². The van der Waals surface area contributed by atoms with Gasteiger partial charge in [-0.25, -0.2) is 0 Å². The van der Waals surface area contributed by atoms with Crippen molar-refractivity contribution in [3.8, 4) is 11.4 Å². The van der Waals surface area contributed by atoms with Crippen molar-refractivity contribution in [3.05, 3.63) is 66.1 Å². The normalized spacial score (nSPS) is 10.6. The maximum absolute atomic E-state index is 9.38. The van der Waals surface area contributed by atoms with Crippen LogP contribution in [-0.4, -0.2) is 27.3 Å². The fourth-order valence-electron chi connectivity index (χ4n) is 2.13.